The fourth-order valence-electron chi connectivity index (χ4n) is 1.59. The summed E-state index contributed by atoms with van der Waals surface area (Å²) >= 11 is 0. The molecular formula is C13H9F2. The van der Waals surface area contributed by atoms with Crippen LogP contribution in [-0.4, -0.2) is 0 Å². The summed E-state index contributed by atoms with van der Waals surface area (Å²) in [5.74, 6) is 0. The van der Waals surface area contributed by atoms with E-state index in [-0.39, 0.29) is 5.56 Å². The molecule has 0 aromatic heterocycles. The highest BCUT2D eigenvalue weighted by molar-refractivity contribution is 5.88. The molecule has 15 heavy (non-hydrogen) atoms. The Balaban J connectivity index is 2.72. The van der Waals surface area contributed by atoms with Gasteiger partial charge in [0.25, 0.3) is 0 Å². The second-order valence-electron chi connectivity index (χ2n) is 3.25. The van der Waals surface area contributed by atoms with Crippen LogP contribution in [0.5, 0.6) is 0 Å². The zero-order chi connectivity index (χ0) is 10.8. The molecule has 2 aromatic rings. The Bertz CT molecular complexity index is 501. The van der Waals surface area contributed by atoms with Crippen molar-refractivity contribution in [3.63, 3.8) is 0 Å². The second kappa shape index (κ2) is 3.81. The standard InChI is InChI=1S/C13H9F2/c1-2-9-6-7-11-10(8-9)4-3-5-12(11)13(14)15/h2-8H,1H2. The Morgan fingerprint density at radius 1 is 1.13 bits per heavy atom. The molecule has 0 aliphatic heterocycles. The zero-order valence-electron chi connectivity index (χ0n) is 8.00. The van der Waals surface area contributed by atoms with Gasteiger partial charge >= 0.3 is 6.43 Å². The Morgan fingerprint density at radius 2 is 1.93 bits per heavy atom. The highest BCUT2D eigenvalue weighted by Gasteiger charge is 2.12. The van der Waals surface area contributed by atoms with Crippen LogP contribution in [0.4, 0.5) is 8.78 Å². The van der Waals surface area contributed by atoms with E-state index in [1.165, 1.54) is 6.07 Å². The third-order valence-electron chi connectivity index (χ3n) is 2.34. The number of benzene rings is 2. The summed E-state index contributed by atoms with van der Waals surface area (Å²) < 4.78 is 25.2. The van der Waals surface area contributed by atoms with Crippen LogP contribution in [0.15, 0.2) is 43.0 Å². The van der Waals surface area contributed by atoms with Crippen LogP contribution in [0.3, 0.4) is 0 Å². The Morgan fingerprint density at radius 3 is 2.60 bits per heavy atom. The van der Waals surface area contributed by atoms with E-state index in [9.17, 15) is 8.78 Å². The maximum absolute atomic E-state index is 12.6. The van der Waals surface area contributed by atoms with Crippen molar-refractivity contribution in [2.45, 2.75) is 0 Å². The van der Waals surface area contributed by atoms with Gasteiger partial charge in [0.05, 0.1) is 0 Å². The van der Waals surface area contributed by atoms with Crippen molar-refractivity contribution in [2.24, 2.45) is 0 Å². The van der Waals surface area contributed by atoms with Crippen LogP contribution in [0, 0.1) is 6.43 Å². The van der Waals surface area contributed by atoms with Crippen molar-refractivity contribution in [3.05, 3.63) is 60.5 Å². The van der Waals surface area contributed by atoms with Gasteiger partial charge in [0.2, 0.25) is 0 Å². The lowest BCUT2D eigenvalue weighted by Gasteiger charge is -2.04. The van der Waals surface area contributed by atoms with Gasteiger partial charge in [-0.2, -0.15) is 8.78 Å². The first-order valence-corrected chi connectivity index (χ1v) is 4.56. The topological polar surface area (TPSA) is 0 Å². The lowest BCUT2D eigenvalue weighted by atomic mass is 10.0. The summed E-state index contributed by atoms with van der Waals surface area (Å²) in [7, 11) is 0. The monoisotopic (exact) mass is 203 g/mol. The van der Waals surface area contributed by atoms with Gasteiger partial charge in [0, 0.05) is 5.56 Å². The van der Waals surface area contributed by atoms with E-state index in [1.54, 1.807) is 24.3 Å². The minimum absolute atomic E-state index is 0.00288. The quantitative estimate of drug-likeness (QED) is 0.684. The molecule has 2 aromatic carbocycles. The molecule has 0 saturated heterocycles. The zero-order valence-corrected chi connectivity index (χ0v) is 8.00. The Kier molecular flexibility index (Phi) is 2.50. The lowest BCUT2D eigenvalue weighted by molar-refractivity contribution is 0.326. The molecule has 0 aliphatic carbocycles. The minimum atomic E-state index is -1.65. The summed E-state index contributed by atoms with van der Waals surface area (Å²) in [5.41, 5.74) is 0.932. The van der Waals surface area contributed by atoms with E-state index in [1.807, 2.05) is 12.1 Å². The number of fused-ring (bicyclic) bond motifs is 1. The Hall–Kier alpha value is -1.70. The first kappa shape index (κ1) is 9.84. The molecule has 1 radical (unpaired) electrons. The molecule has 0 N–H and O–H groups in total. The molecule has 2 rings (SSSR count). The average molecular weight is 203 g/mol. The van der Waals surface area contributed by atoms with Gasteiger partial charge in [0.1, 0.15) is 0 Å². The van der Waals surface area contributed by atoms with Gasteiger partial charge in [-0.15, -0.1) is 0 Å². The van der Waals surface area contributed by atoms with E-state index in [0.717, 1.165) is 10.9 Å². The molecule has 75 valence electrons. The molecule has 0 atom stereocenters. The van der Waals surface area contributed by atoms with Gasteiger partial charge in [-0.1, -0.05) is 43.0 Å². The Labute approximate surface area is 86.8 Å². The van der Waals surface area contributed by atoms with E-state index in [4.69, 9.17) is 0 Å². The van der Waals surface area contributed by atoms with Crippen molar-refractivity contribution in [3.8, 4) is 0 Å². The number of hydrogen-bond acceptors (Lipinski definition) is 0. The molecule has 0 spiro atoms. The van der Waals surface area contributed by atoms with Gasteiger partial charge in [-0.05, 0) is 22.4 Å². The summed E-state index contributed by atoms with van der Waals surface area (Å²) in [4.78, 5) is 0. The predicted molar refractivity (Wildman–Crippen MR) is 58.6 cm³/mol. The van der Waals surface area contributed by atoms with Crippen molar-refractivity contribution in [2.75, 3.05) is 0 Å². The largest absolute Gasteiger partial charge is 0.340 e. The first-order chi connectivity index (χ1) is 7.22. The van der Waals surface area contributed by atoms with Gasteiger partial charge < -0.3 is 0 Å². The fourth-order valence-corrected chi connectivity index (χ4v) is 1.59. The maximum atomic E-state index is 12.6. The smallest absolute Gasteiger partial charge is 0.194 e. The molecule has 0 saturated carbocycles. The summed E-state index contributed by atoms with van der Waals surface area (Å²) in [6, 6.07) is 10.2. The van der Waals surface area contributed by atoms with Crippen LogP contribution in [-0.2, 0) is 0 Å². The van der Waals surface area contributed by atoms with E-state index in [2.05, 4.69) is 6.58 Å². The van der Waals surface area contributed by atoms with Crippen molar-refractivity contribution in [1.29, 1.82) is 0 Å². The second-order valence-corrected chi connectivity index (χ2v) is 3.25. The van der Waals surface area contributed by atoms with E-state index >= 15 is 0 Å². The van der Waals surface area contributed by atoms with Crippen LogP contribution < -0.4 is 0 Å². The molecule has 0 bridgehead atoms. The molecule has 2 heteroatoms. The van der Waals surface area contributed by atoms with Crippen molar-refractivity contribution < 1.29 is 8.78 Å². The molecule has 0 amide bonds. The third-order valence-corrected chi connectivity index (χ3v) is 2.34. The normalized spacial score (nSPS) is 10.9. The van der Waals surface area contributed by atoms with Gasteiger partial charge in [-0.25, -0.2) is 0 Å². The molecule has 0 heterocycles. The minimum Gasteiger partial charge on any atom is -0.194 e. The van der Waals surface area contributed by atoms with Crippen LogP contribution in [0.25, 0.3) is 16.8 Å². The van der Waals surface area contributed by atoms with E-state index < -0.39 is 6.43 Å². The third kappa shape index (κ3) is 1.75. The summed E-state index contributed by atoms with van der Waals surface area (Å²) in [6.45, 7) is 3.64. The average Bonchev–Trinajstić information content (AvgIpc) is 2.27. The van der Waals surface area contributed by atoms with Crippen molar-refractivity contribution >= 4 is 16.8 Å². The van der Waals surface area contributed by atoms with Crippen LogP contribution in [0.1, 0.15) is 11.1 Å². The van der Waals surface area contributed by atoms with Gasteiger partial charge in [0.15, 0.2) is 0 Å². The first-order valence-electron chi connectivity index (χ1n) is 4.56. The molecule has 0 aliphatic rings. The molecule has 0 nitrogen and oxygen atoms in total. The van der Waals surface area contributed by atoms with Crippen LogP contribution >= 0.6 is 0 Å². The summed E-state index contributed by atoms with van der Waals surface area (Å²) in [5, 5.41) is 1.38. The molecule has 0 unspecified atom stereocenters. The highest BCUT2D eigenvalue weighted by Crippen LogP contribution is 2.27. The lowest BCUT2D eigenvalue weighted by Crippen LogP contribution is -1.87. The summed E-state index contributed by atoms with van der Waals surface area (Å²) in [6.07, 6.45) is 0.0497. The van der Waals surface area contributed by atoms with Crippen LogP contribution in [0.2, 0.25) is 0 Å². The maximum Gasteiger partial charge on any atom is 0.340 e. The van der Waals surface area contributed by atoms with Gasteiger partial charge in [-0.3, -0.25) is 0 Å². The molecular weight excluding hydrogens is 194 g/mol. The fraction of sp³-hybridized carbons (Fsp3) is 0. The number of rotatable bonds is 2. The number of halogens is 2. The van der Waals surface area contributed by atoms with Crippen molar-refractivity contribution in [1.82, 2.24) is 0 Å². The molecule has 0 fully saturated rings. The van der Waals surface area contributed by atoms with E-state index in [0.29, 0.717) is 5.39 Å². The number of hydrogen-bond donors (Lipinski definition) is 0. The SMILES string of the molecule is C=Cc1ccc2c([C](F)F)cccc2c1. The predicted octanol–water partition coefficient (Wildman–Crippen LogP) is 4.26. The highest BCUT2D eigenvalue weighted by atomic mass is 19.3.